The molecule has 2 aromatic rings. The second-order valence-electron chi connectivity index (χ2n) is 5.28. The van der Waals surface area contributed by atoms with Crippen molar-refractivity contribution in [2.45, 2.75) is 26.2 Å². The number of carbonyl (C=O) groups is 1. The van der Waals surface area contributed by atoms with E-state index in [1.54, 1.807) is 0 Å². The molecule has 0 aliphatic carbocycles. The molecule has 1 aromatic heterocycles. The van der Waals surface area contributed by atoms with Gasteiger partial charge in [0.25, 0.3) is 0 Å². The van der Waals surface area contributed by atoms with Crippen LogP contribution >= 0.6 is 27.3 Å². The summed E-state index contributed by atoms with van der Waals surface area (Å²) >= 11 is 4.57. The number of aromatic nitrogens is 1. The molecule has 0 saturated carbocycles. The van der Waals surface area contributed by atoms with Crippen molar-refractivity contribution in [1.29, 1.82) is 0 Å². The summed E-state index contributed by atoms with van der Waals surface area (Å²) in [7, 11) is 0. The van der Waals surface area contributed by atoms with E-state index in [4.69, 9.17) is 5.11 Å². The Morgan fingerprint density at radius 1 is 1.26 bits per heavy atom. The number of hydrogen-bond acceptors (Lipinski definition) is 3. The molecule has 0 bridgehead atoms. The standard InChI is InChI=1S/C14H14BrNO2S/c1-14(2,3)9-6-4-8(5-7-9)11-10(12(17)18)16-13(15)19-11/h4-7H,1-3H3,(H,17,18). The number of hydrogen-bond donors (Lipinski definition) is 1. The summed E-state index contributed by atoms with van der Waals surface area (Å²) in [6.45, 7) is 6.44. The van der Waals surface area contributed by atoms with Gasteiger partial charge in [0.2, 0.25) is 0 Å². The van der Waals surface area contributed by atoms with Crippen LogP contribution in [0, 0.1) is 0 Å². The van der Waals surface area contributed by atoms with Gasteiger partial charge in [-0.25, -0.2) is 9.78 Å². The molecule has 0 unspecified atom stereocenters. The molecule has 19 heavy (non-hydrogen) atoms. The van der Waals surface area contributed by atoms with Crippen LogP contribution in [0.4, 0.5) is 0 Å². The summed E-state index contributed by atoms with van der Waals surface area (Å²) in [6, 6.07) is 7.98. The van der Waals surface area contributed by atoms with Gasteiger partial charge in [0.15, 0.2) is 9.61 Å². The topological polar surface area (TPSA) is 50.2 Å². The van der Waals surface area contributed by atoms with Gasteiger partial charge >= 0.3 is 5.97 Å². The number of rotatable bonds is 2. The zero-order valence-corrected chi connectivity index (χ0v) is 13.3. The average molecular weight is 340 g/mol. The Bertz CT molecular complexity index is 611. The van der Waals surface area contributed by atoms with E-state index in [-0.39, 0.29) is 11.1 Å². The number of aromatic carboxylic acids is 1. The molecular formula is C14H14BrNO2S. The molecule has 0 saturated heterocycles. The van der Waals surface area contributed by atoms with Gasteiger partial charge in [-0.3, -0.25) is 0 Å². The number of thiazole rings is 1. The number of halogens is 1. The minimum atomic E-state index is -1.00. The number of carboxylic acids is 1. The summed E-state index contributed by atoms with van der Waals surface area (Å²) in [4.78, 5) is 15.8. The minimum absolute atomic E-state index is 0.0858. The molecule has 1 heterocycles. The summed E-state index contributed by atoms with van der Waals surface area (Å²) < 4.78 is 0.583. The second kappa shape index (κ2) is 5.06. The van der Waals surface area contributed by atoms with Crippen LogP contribution in [0.25, 0.3) is 10.4 Å². The smallest absolute Gasteiger partial charge is 0.356 e. The Labute approximate surface area is 124 Å². The summed E-state index contributed by atoms with van der Waals surface area (Å²) in [5.41, 5.74) is 2.29. The van der Waals surface area contributed by atoms with Crippen molar-refractivity contribution in [1.82, 2.24) is 4.98 Å². The molecule has 0 fully saturated rings. The molecule has 0 radical (unpaired) electrons. The highest BCUT2D eigenvalue weighted by molar-refractivity contribution is 9.11. The lowest BCUT2D eigenvalue weighted by Crippen LogP contribution is -2.10. The molecule has 3 nitrogen and oxygen atoms in total. The monoisotopic (exact) mass is 339 g/mol. The predicted molar refractivity (Wildman–Crippen MR) is 80.9 cm³/mol. The van der Waals surface area contributed by atoms with Crippen LogP contribution in [0.2, 0.25) is 0 Å². The molecule has 0 atom stereocenters. The van der Waals surface area contributed by atoms with Crippen molar-refractivity contribution in [3.63, 3.8) is 0 Å². The van der Waals surface area contributed by atoms with Crippen LogP contribution in [-0.4, -0.2) is 16.1 Å². The maximum atomic E-state index is 11.2. The van der Waals surface area contributed by atoms with Crippen LogP contribution < -0.4 is 0 Å². The highest BCUT2D eigenvalue weighted by Crippen LogP contribution is 2.34. The van der Waals surface area contributed by atoms with E-state index < -0.39 is 5.97 Å². The number of nitrogens with zero attached hydrogens (tertiary/aromatic N) is 1. The first-order valence-corrected chi connectivity index (χ1v) is 7.40. The number of carboxylic acid groups (broad SMARTS) is 1. The van der Waals surface area contributed by atoms with Crippen molar-refractivity contribution < 1.29 is 9.90 Å². The van der Waals surface area contributed by atoms with Gasteiger partial charge in [0.1, 0.15) is 0 Å². The molecule has 5 heteroatoms. The van der Waals surface area contributed by atoms with Crippen molar-refractivity contribution in [3.05, 3.63) is 39.4 Å². The Balaban J connectivity index is 2.46. The molecule has 0 aliphatic heterocycles. The van der Waals surface area contributed by atoms with Crippen molar-refractivity contribution in [3.8, 4) is 10.4 Å². The molecule has 0 amide bonds. The Kier molecular flexibility index (Phi) is 3.78. The molecule has 1 aromatic carbocycles. The lowest BCUT2D eigenvalue weighted by molar-refractivity contribution is 0.0692. The molecule has 2 rings (SSSR count). The van der Waals surface area contributed by atoms with Crippen molar-refractivity contribution in [2.24, 2.45) is 0 Å². The van der Waals surface area contributed by atoms with E-state index in [1.165, 1.54) is 16.9 Å². The first-order valence-electron chi connectivity index (χ1n) is 5.79. The van der Waals surface area contributed by atoms with Crippen molar-refractivity contribution in [2.75, 3.05) is 0 Å². The lowest BCUT2D eigenvalue weighted by Gasteiger charge is -2.19. The van der Waals surface area contributed by atoms with Crippen LogP contribution in [0.15, 0.2) is 28.2 Å². The quantitative estimate of drug-likeness (QED) is 0.871. The van der Waals surface area contributed by atoms with Gasteiger partial charge in [-0.2, -0.15) is 0 Å². The highest BCUT2D eigenvalue weighted by atomic mass is 79.9. The molecule has 0 aliphatic rings. The van der Waals surface area contributed by atoms with Crippen LogP contribution in [0.3, 0.4) is 0 Å². The van der Waals surface area contributed by atoms with Crippen molar-refractivity contribution >= 4 is 33.2 Å². The van der Waals surface area contributed by atoms with Gasteiger partial charge < -0.3 is 5.11 Å². The van der Waals surface area contributed by atoms with Gasteiger partial charge in [-0.15, -0.1) is 11.3 Å². The van der Waals surface area contributed by atoms with E-state index >= 15 is 0 Å². The van der Waals surface area contributed by atoms with Crippen LogP contribution in [0.1, 0.15) is 36.8 Å². The fourth-order valence-corrected chi connectivity index (χ4v) is 3.21. The van der Waals surface area contributed by atoms with Gasteiger partial charge in [-0.05, 0) is 32.5 Å². The molecular weight excluding hydrogens is 326 g/mol. The zero-order chi connectivity index (χ0) is 14.2. The fraction of sp³-hybridized carbons (Fsp3) is 0.286. The number of benzene rings is 1. The molecule has 100 valence electrons. The van der Waals surface area contributed by atoms with Crippen LogP contribution in [0.5, 0.6) is 0 Å². The first kappa shape index (κ1) is 14.2. The van der Waals surface area contributed by atoms with E-state index in [1.807, 2.05) is 24.3 Å². The maximum Gasteiger partial charge on any atom is 0.356 e. The van der Waals surface area contributed by atoms with Gasteiger partial charge in [-0.1, -0.05) is 45.0 Å². The fourth-order valence-electron chi connectivity index (χ4n) is 1.76. The lowest BCUT2D eigenvalue weighted by atomic mass is 9.86. The molecule has 0 spiro atoms. The van der Waals surface area contributed by atoms with Gasteiger partial charge in [0, 0.05) is 0 Å². The minimum Gasteiger partial charge on any atom is -0.476 e. The third-order valence-corrected chi connectivity index (χ3v) is 4.37. The van der Waals surface area contributed by atoms with E-state index in [0.717, 1.165) is 5.56 Å². The SMILES string of the molecule is CC(C)(C)c1ccc(-c2sc(Br)nc2C(=O)O)cc1. The van der Waals surface area contributed by atoms with E-state index in [2.05, 4.69) is 41.7 Å². The summed E-state index contributed by atoms with van der Waals surface area (Å²) in [6.07, 6.45) is 0. The molecule has 1 N–H and O–H groups in total. The largest absolute Gasteiger partial charge is 0.476 e. The third-order valence-electron chi connectivity index (χ3n) is 2.82. The van der Waals surface area contributed by atoms with E-state index in [9.17, 15) is 4.79 Å². The Morgan fingerprint density at radius 2 is 1.84 bits per heavy atom. The first-order chi connectivity index (χ1) is 8.79. The summed E-state index contributed by atoms with van der Waals surface area (Å²) in [5.74, 6) is -1.00. The highest BCUT2D eigenvalue weighted by Gasteiger charge is 2.19. The Hall–Kier alpha value is -1.20. The Morgan fingerprint density at radius 3 is 2.32 bits per heavy atom. The maximum absolute atomic E-state index is 11.2. The van der Waals surface area contributed by atoms with Gasteiger partial charge in [0.05, 0.1) is 4.88 Å². The normalized spacial score (nSPS) is 11.6. The van der Waals surface area contributed by atoms with E-state index in [0.29, 0.717) is 8.79 Å². The predicted octanol–water partition coefficient (Wildman–Crippen LogP) is 4.57. The third kappa shape index (κ3) is 3.04. The zero-order valence-electron chi connectivity index (χ0n) is 10.9. The van der Waals surface area contributed by atoms with Crippen LogP contribution in [-0.2, 0) is 5.41 Å². The average Bonchev–Trinajstić information content (AvgIpc) is 2.70. The summed E-state index contributed by atoms with van der Waals surface area (Å²) in [5, 5.41) is 9.15. The second-order valence-corrected chi connectivity index (χ2v) is 7.55.